The van der Waals surface area contributed by atoms with Gasteiger partial charge in [-0.25, -0.2) is 0 Å². The number of hydrogen-bond donors (Lipinski definition) is 3. The fourth-order valence-electron chi connectivity index (χ4n) is 2.25. The fourth-order valence-corrected chi connectivity index (χ4v) is 2.25. The minimum atomic E-state index is -0.573. The van der Waals surface area contributed by atoms with E-state index in [-0.39, 0.29) is 24.0 Å². The minimum Gasteiger partial charge on any atom is -0.388 e. The van der Waals surface area contributed by atoms with Crippen LogP contribution in [0.2, 0.25) is 0 Å². The molecule has 1 unspecified atom stereocenters. The number of hydrogen-bond acceptors (Lipinski definition) is 2. The smallest absolute Gasteiger partial charge is 0.191 e. The van der Waals surface area contributed by atoms with E-state index in [1.165, 1.54) is 6.42 Å². The van der Waals surface area contributed by atoms with Gasteiger partial charge >= 0.3 is 0 Å². The lowest BCUT2D eigenvalue weighted by atomic mass is 9.85. The van der Waals surface area contributed by atoms with Gasteiger partial charge in [-0.2, -0.15) is 0 Å². The molecule has 1 rings (SSSR count). The molecule has 1 aliphatic carbocycles. The summed E-state index contributed by atoms with van der Waals surface area (Å²) in [5.74, 6) is 0.825. The zero-order chi connectivity index (χ0) is 13.4. The van der Waals surface area contributed by atoms with Crippen molar-refractivity contribution in [1.82, 2.24) is 10.6 Å². The summed E-state index contributed by atoms with van der Waals surface area (Å²) in [7, 11) is 0. The van der Waals surface area contributed by atoms with Crippen molar-refractivity contribution >= 4 is 29.9 Å². The molecule has 1 saturated carbocycles. The first-order valence-electron chi connectivity index (χ1n) is 7.37. The average Bonchev–Trinajstić information content (AvgIpc) is 2.37. The Balaban J connectivity index is 0.00000324. The molecule has 0 spiro atoms. The molecular formula is C14H30IN3O. The normalized spacial score (nSPS) is 20.3. The fraction of sp³-hybridized carbons (Fsp3) is 0.929. The standard InChI is InChI=1S/C14H29N3O.HI/c1-4-12(3)17-13(15-5-2)16-11-14(18)9-7-6-8-10-14;/h12,18H,4-11H2,1-3H3,(H2,15,16,17);1H. The van der Waals surface area contributed by atoms with E-state index in [9.17, 15) is 5.11 Å². The molecule has 0 bridgehead atoms. The van der Waals surface area contributed by atoms with Gasteiger partial charge in [-0.1, -0.05) is 26.2 Å². The number of rotatable bonds is 5. The minimum absolute atomic E-state index is 0. The van der Waals surface area contributed by atoms with Gasteiger partial charge < -0.3 is 15.7 Å². The summed E-state index contributed by atoms with van der Waals surface area (Å²) in [5.41, 5.74) is -0.573. The highest BCUT2D eigenvalue weighted by Gasteiger charge is 2.28. The van der Waals surface area contributed by atoms with Crippen molar-refractivity contribution in [3.63, 3.8) is 0 Å². The summed E-state index contributed by atoms with van der Waals surface area (Å²) >= 11 is 0. The molecule has 0 aliphatic heterocycles. The van der Waals surface area contributed by atoms with E-state index in [4.69, 9.17) is 0 Å². The maximum Gasteiger partial charge on any atom is 0.191 e. The zero-order valence-electron chi connectivity index (χ0n) is 12.5. The lowest BCUT2D eigenvalue weighted by molar-refractivity contribution is 0.0131. The van der Waals surface area contributed by atoms with E-state index >= 15 is 0 Å². The average molecular weight is 383 g/mol. The molecule has 4 nitrogen and oxygen atoms in total. The second-order valence-corrected chi connectivity index (χ2v) is 5.43. The molecule has 0 aromatic rings. The summed E-state index contributed by atoms with van der Waals surface area (Å²) in [6.45, 7) is 7.71. The zero-order valence-corrected chi connectivity index (χ0v) is 14.9. The van der Waals surface area contributed by atoms with E-state index in [1.807, 2.05) is 0 Å². The molecule has 19 heavy (non-hydrogen) atoms. The molecule has 0 radical (unpaired) electrons. The molecule has 1 fully saturated rings. The lowest BCUT2D eigenvalue weighted by Gasteiger charge is -2.30. The third-order valence-electron chi connectivity index (χ3n) is 3.66. The van der Waals surface area contributed by atoms with Gasteiger partial charge in [0.2, 0.25) is 0 Å². The molecule has 3 N–H and O–H groups in total. The predicted molar refractivity (Wildman–Crippen MR) is 92.3 cm³/mol. The molecule has 1 atom stereocenters. The Morgan fingerprint density at radius 2 is 1.89 bits per heavy atom. The van der Waals surface area contributed by atoms with Crippen molar-refractivity contribution in [3.8, 4) is 0 Å². The third kappa shape index (κ3) is 7.34. The Labute approximate surface area is 134 Å². The largest absolute Gasteiger partial charge is 0.388 e. The monoisotopic (exact) mass is 383 g/mol. The summed E-state index contributed by atoms with van der Waals surface area (Å²) < 4.78 is 0. The Morgan fingerprint density at radius 1 is 1.26 bits per heavy atom. The Hall–Kier alpha value is -0.0400. The van der Waals surface area contributed by atoms with Gasteiger partial charge in [0.05, 0.1) is 12.1 Å². The summed E-state index contributed by atoms with van der Waals surface area (Å²) in [6.07, 6.45) is 6.34. The molecule has 0 amide bonds. The summed E-state index contributed by atoms with van der Waals surface area (Å²) in [6, 6.07) is 0.406. The van der Waals surface area contributed by atoms with E-state index in [2.05, 4.69) is 36.4 Å². The van der Waals surface area contributed by atoms with Gasteiger partial charge in [0.15, 0.2) is 5.96 Å². The molecular weight excluding hydrogens is 353 g/mol. The van der Waals surface area contributed by atoms with E-state index in [0.717, 1.165) is 44.6 Å². The van der Waals surface area contributed by atoms with Crippen LogP contribution in [0.15, 0.2) is 4.99 Å². The number of aliphatic imine (C=N–C) groups is 1. The van der Waals surface area contributed by atoms with E-state index in [0.29, 0.717) is 12.6 Å². The third-order valence-corrected chi connectivity index (χ3v) is 3.66. The van der Waals surface area contributed by atoms with Gasteiger partial charge in [0.1, 0.15) is 0 Å². The summed E-state index contributed by atoms with van der Waals surface area (Å²) in [4.78, 5) is 4.54. The Kier molecular flexibility index (Phi) is 9.78. The van der Waals surface area contributed by atoms with Crippen LogP contribution < -0.4 is 10.6 Å². The van der Waals surface area contributed by atoms with Crippen LogP contribution in [0.25, 0.3) is 0 Å². The highest BCUT2D eigenvalue weighted by molar-refractivity contribution is 14.0. The number of halogens is 1. The van der Waals surface area contributed by atoms with Crippen LogP contribution in [0.3, 0.4) is 0 Å². The van der Waals surface area contributed by atoms with E-state index in [1.54, 1.807) is 0 Å². The van der Waals surface area contributed by atoms with Gasteiger partial charge in [0.25, 0.3) is 0 Å². The maximum atomic E-state index is 10.4. The molecule has 114 valence electrons. The van der Waals surface area contributed by atoms with Gasteiger partial charge in [-0.05, 0) is 33.1 Å². The SMILES string of the molecule is CCNC(=NCC1(O)CCCCC1)NC(C)CC.I. The molecule has 5 heteroatoms. The quantitative estimate of drug-likeness (QED) is 0.389. The van der Waals surface area contributed by atoms with Crippen molar-refractivity contribution in [2.45, 2.75) is 70.9 Å². The van der Waals surface area contributed by atoms with Crippen LogP contribution in [-0.2, 0) is 0 Å². The van der Waals surface area contributed by atoms with Crippen LogP contribution in [0.5, 0.6) is 0 Å². The number of guanidine groups is 1. The topological polar surface area (TPSA) is 56.7 Å². The van der Waals surface area contributed by atoms with Crippen molar-refractivity contribution in [2.75, 3.05) is 13.1 Å². The first-order valence-corrected chi connectivity index (χ1v) is 7.37. The first kappa shape index (κ1) is 19.0. The van der Waals surface area contributed by atoms with Gasteiger partial charge in [0, 0.05) is 12.6 Å². The first-order chi connectivity index (χ1) is 8.59. The second kappa shape index (κ2) is 9.80. The van der Waals surface area contributed by atoms with Crippen molar-refractivity contribution < 1.29 is 5.11 Å². The molecule has 0 aromatic heterocycles. The van der Waals surface area contributed by atoms with Gasteiger partial charge in [-0.3, -0.25) is 4.99 Å². The number of aliphatic hydroxyl groups is 1. The van der Waals surface area contributed by atoms with Crippen molar-refractivity contribution in [3.05, 3.63) is 0 Å². The Bertz CT molecular complexity index is 265. The lowest BCUT2D eigenvalue weighted by Crippen LogP contribution is -2.44. The highest BCUT2D eigenvalue weighted by Crippen LogP contribution is 2.28. The van der Waals surface area contributed by atoms with Crippen LogP contribution in [0.1, 0.15) is 59.3 Å². The second-order valence-electron chi connectivity index (χ2n) is 5.43. The van der Waals surface area contributed by atoms with Gasteiger partial charge in [-0.15, -0.1) is 24.0 Å². The molecule has 0 saturated heterocycles. The predicted octanol–water partition coefficient (Wildman–Crippen LogP) is 2.65. The number of nitrogens with one attached hydrogen (secondary N) is 2. The molecule has 1 aliphatic rings. The van der Waals surface area contributed by atoms with Crippen LogP contribution in [0.4, 0.5) is 0 Å². The molecule has 0 heterocycles. The van der Waals surface area contributed by atoms with Crippen molar-refractivity contribution in [1.29, 1.82) is 0 Å². The maximum absolute atomic E-state index is 10.4. The van der Waals surface area contributed by atoms with Crippen LogP contribution in [0, 0.1) is 0 Å². The van der Waals surface area contributed by atoms with Crippen LogP contribution in [-0.4, -0.2) is 35.8 Å². The van der Waals surface area contributed by atoms with Crippen LogP contribution >= 0.6 is 24.0 Å². The van der Waals surface area contributed by atoms with E-state index < -0.39 is 5.60 Å². The Morgan fingerprint density at radius 3 is 2.42 bits per heavy atom. The molecule has 0 aromatic carbocycles. The summed E-state index contributed by atoms with van der Waals surface area (Å²) in [5, 5.41) is 17.0. The number of nitrogens with zero attached hydrogens (tertiary/aromatic N) is 1. The highest BCUT2D eigenvalue weighted by atomic mass is 127. The van der Waals surface area contributed by atoms with Crippen molar-refractivity contribution in [2.24, 2.45) is 4.99 Å².